The molecule has 4 rings (SSSR count). The number of aromatic nitrogens is 1. The van der Waals surface area contributed by atoms with E-state index < -0.39 is 0 Å². The largest absolute Gasteiger partial charge is 0.511 e. The van der Waals surface area contributed by atoms with Gasteiger partial charge in [-0.15, -0.1) is 0 Å². The number of H-pyrrole nitrogens is 1. The number of carbonyl (C=O) groups excluding carboxylic acids is 1. The SMILES string of the molecule is CCCCC(=NCCc1c(C)[nH]c2ccc(OCc3ccccc3)cc12)C1=C(O)CCCC1=O. The molecule has 2 aromatic carbocycles. The van der Waals surface area contributed by atoms with E-state index in [0.717, 1.165) is 65.7 Å². The van der Waals surface area contributed by atoms with E-state index in [1.807, 2.05) is 24.3 Å². The van der Waals surface area contributed by atoms with Gasteiger partial charge in [0.05, 0.1) is 5.57 Å². The van der Waals surface area contributed by atoms with E-state index in [1.54, 1.807) is 0 Å². The molecule has 0 atom stereocenters. The zero-order valence-corrected chi connectivity index (χ0v) is 20.2. The van der Waals surface area contributed by atoms with Crippen molar-refractivity contribution < 1.29 is 14.6 Å². The molecule has 1 aliphatic carbocycles. The first-order valence-corrected chi connectivity index (χ1v) is 12.3. The van der Waals surface area contributed by atoms with Crippen molar-refractivity contribution in [1.82, 2.24) is 4.98 Å². The van der Waals surface area contributed by atoms with Crippen molar-refractivity contribution in [3.05, 3.63) is 76.7 Å². The van der Waals surface area contributed by atoms with Crippen molar-refractivity contribution in [2.75, 3.05) is 6.54 Å². The molecule has 0 amide bonds. The van der Waals surface area contributed by atoms with Crippen molar-refractivity contribution in [2.24, 2.45) is 4.99 Å². The van der Waals surface area contributed by atoms with Crippen LogP contribution in [0.5, 0.6) is 5.75 Å². The molecule has 2 N–H and O–H groups in total. The van der Waals surface area contributed by atoms with Gasteiger partial charge in [0.25, 0.3) is 0 Å². The number of allylic oxidation sites excluding steroid dienone is 2. The molecule has 0 spiro atoms. The predicted octanol–water partition coefficient (Wildman–Crippen LogP) is 6.79. The molecule has 5 nitrogen and oxygen atoms in total. The first kappa shape index (κ1) is 23.8. The van der Waals surface area contributed by atoms with Gasteiger partial charge in [-0.2, -0.15) is 0 Å². The number of aliphatic hydroxyl groups excluding tert-OH is 1. The van der Waals surface area contributed by atoms with E-state index in [-0.39, 0.29) is 11.5 Å². The lowest BCUT2D eigenvalue weighted by Crippen LogP contribution is -2.20. The van der Waals surface area contributed by atoms with Gasteiger partial charge in [0.2, 0.25) is 0 Å². The van der Waals surface area contributed by atoms with E-state index in [0.29, 0.717) is 31.6 Å². The summed E-state index contributed by atoms with van der Waals surface area (Å²) in [6, 6.07) is 16.3. The Hall–Kier alpha value is -3.34. The molecule has 0 aliphatic heterocycles. The second-order valence-electron chi connectivity index (χ2n) is 8.99. The second-order valence-corrected chi connectivity index (χ2v) is 8.99. The van der Waals surface area contributed by atoms with Crippen LogP contribution in [0.2, 0.25) is 0 Å². The standard InChI is InChI=1S/C29H34N2O3/c1-3-4-11-26(29-27(32)12-8-13-28(29)33)30-17-16-23-20(2)31-25-15-14-22(18-24(23)25)34-19-21-9-6-5-7-10-21/h5-7,9-10,14-15,18,31-32H,3-4,8,11-13,16-17,19H2,1-2H3. The summed E-state index contributed by atoms with van der Waals surface area (Å²) in [5, 5.41) is 11.5. The normalized spacial score (nSPS) is 14.8. The van der Waals surface area contributed by atoms with E-state index in [2.05, 4.69) is 43.1 Å². The van der Waals surface area contributed by atoms with E-state index in [9.17, 15) is 9.90 Å². The van der Waals surface area contributed by atoms with Gasteiger partial charge >= 0.3 is 0 Å². The van der Waals surface area contributed by atoms with Crippen molar-refractivity contribution in [2.45, 2.75) is 65.4 Å². The molecular formula is C29H34N2O3. The summed E-state index contributed by atoms with van der Waals surface area (Å²) in [5.74, 6) is 1.09. The number of ether oxygens (including phenoxy) is 1. The van der Waals surface area contributed by atoms with E-state index in [4.69, 9.17) is 9.73 Å². The van der Waals surface area contributed by atoms with Crippen molar-refractivity contribution in [1.29, 1.82) is 0 Å². The van der Waals surface area contributed by atoms with Gasteiger partial charge in [-0.1, -0.05) is 43.7 Å². The van der Waals surface area contributed by atoms with Crippen LogP contribution in [0.25, 0.3) is 10.9 Å². The summed E-state index contributed by atoms with van der Waals surface area (Å²) in [7, 11) is 0. The van der Waals surface area contributed by atoms with Crippen LogP contribution in [0.1, 0.15) is 62.3 Å². The number of Topliss-reactive ketones (excluding diaryl/α,β-unsaturated/α-hetero) is 1. The fourth-order valence-corrected chi connectivity index (χ4v) is 4.60. The first-order chi connectivity index (χ1) is 16.6. The Morgan fingerprint density at radius 3 is 2.74 bits per heavy atom. The number of hydrogen-bond acceptors (Lipinski definition) is 4. The average molecular weight is 459 g/mol. The zero-order chi connectivity index (χ0) is 23.9. The number of fused-ring (bicyclic) bond motifs is 1. The molecule has 0 fully saturated rings. The van der Waals surface area contributed by atoms with Gasteiger partial charge in [-0.05, 0) is 61.9 Å². The van der Waals surface area contributed by atoms with Crippen molar-refractivity contribution >= 4 is 22.4 Å². The maximum atomic E-state index is 12.5. The Kier molecular flexibility index (Phi) is 7.84. The molecular weight excluding hydrogens is 424 g/mol. The van der Waals surface area contributed by atoms with Gasteiger partial charge in [0.15, 0.2) is 5.78 Å². The van der Waals surface area contributed by atoms with Gasteiger partial charge in [-0.3, -0.25) is 9.79 Å². The number of aromatic amines is 1. The van der Waals surface area contributed by atoms with Crippen LogP contribution in [-0.4, -0.2) is 28.1 Å². The fourth-order valence-electron chi connectivity index (χ4n) is 4.60. The third kappa shape index (κ3) is 5.58. The minimum absolute atomic E-state index is 0.0297. The molecule has 178 valence electrons. The summed E-state index contributed by atoms with van der Waals surface area (Å²) >= 11 is 0. The molecule has 0 radical (unpaired) electrons. The molecule has 0 bridgehead atoms. The molecule has 0 saturated carbocycles. The van der Waals surface area contributed by atoms with Gasteiger partial charge in [0, 0.05) is 41.7 Å². The zero-order valence-electron chi connectivity index (χ0n) is 20.2. The van der Waals surface area contributed by atoms with Gasteiger partial charge in [-0.25, -0.2) is 0 Å². The molecule has 1 aliphatic rings. The van der Waals surface area contributed by atoms with E-state index >= 15 is 0 Å². The minimum atomic E-state index is 0.0297. The maximum absolute atomic E-state index is 12.5. The second kappa shape index (κ2) is 11.2. The number of rotatable bonds is 10. The number of hydrogen-bond donors (Lipinski definition) is 2. The lowest BCUT2D eigenvalue weighted by atomic mass is 9.90. The Morgan fingerprint density at radius 1 is 1.15 bits per heavy atom. The molecule has 3 aromatic rings. The minimum Gasteiger partial charge on any atom is -0.511 e. The van der Waals surface area contributed by atoms with Gasteiger partial charge in [0.1, 0.15) is 18.1 Å². The number of nitrogens with one attached hydrogen (secondary N) is 1. The summed E-state index contributed by atoms with van der Waals surface area (Å²) in [6.07, 6.45) is 5.25. The maximum Gasteiger partial charge on any atom is 0.168 e. The Morgan fingerprint density at radius 2 is 1.97 bits per heavy atom. The summed E-state index contributed by atoms with van der Waals surface area (Å²) < 4.78 is 6.04. The molecule has 1 aromatic heterocycles. The number of aryl methyl sites for hydroxylation is 1. The predicted molar refractivity (Wildman–Crippen MR) is 138 cm³/mol. The third-order valence-corrected chi connectivity index (χ3v) is 6.44. The van der Waals surface area contributed by atoms with E-state index in [1.165, 1.54) is 5.56 Å². The first-order valence-electron chi connectivity index (χ1n) is 12.3. The molecule has 5 heteroatoms. The quantitative estimate of drug-likeness (QED) is 0.328. The fraction of sp³-hybridized carbons (Fsp3) is 0.379. The number of aliphatic hydroxyl groups is 1. The number of nitrogens with zero attached hydrogens (tertiary/aromatic N) is 1. The molecule has 0 unspecified atom stereocenters. The van der Waals surface area contributed by atoms with Crippen LogP contribution >= 0.6 is 0 Å². The average Bonchev–Trinajstić information content (AvgIpc) is 3.15. The molecule has 1 heterocycles. The Balaban J connectivity index is 1.52. The van der Waals surface area contributed by atoms with Crippen LogP contribution in [0, 0.1) is 6.92 Å². The van der Waals surface area contributed by atoms with Crippen LogP contribution in [0.3, 0.4) is 0 Å². The number of carbonyl (C=O) groups is 1. The Bertz CT molecular complexity index is 1200. The molecule has 0 saturated heterocycles. The third-order valence-electron chi connectivity index (χ3n) is 6.44. The van der Waals surface area contributed by atoms with Gasteiger partial charge < -0.3 is 14.8 Å². The topological polar surface area (TPSA) is 74.7 Å². The molecule has 34 heavy (non-hydrogen) atoms. The number of benzene rings is 2. The van der Waals surface area contributed by atoms with Crippen molar-refractivity contribution in [3.63, 3.8) is 0 Å². The van der Waals surface area contributed by atoms with Crippen LogP contribution in [0.15, 0.2) is 64.9 Å². The number of ketones is 1. The highest BCUT2D eigenvalue weighted by Crippen LogP contribution is 2.28. The van der Waals surface area contributed by atoms with Crippen LogP contribution < -0.4 is 4.74 Å². The summed E-state index contributed by atoms with van der Waals surface area (Å²) in [5.41, 5.74) is 5.80. The highest BCUT2D eigenvalue weighted by atomic mass is 16.5. The number of aliphatic imine (C=N–C) groups is 1. The smallest absolute Gasteiger partial charge is 0.168 e. The van der Waals surface area contributed by atoms with Crippen LogP contribution in [0.4, 0.5) is 0 Å². The summed E-state index contributed by atoms with van der Waals surface area (Å²) in [4.78, 5) is 20.8. The number of unbranched alkanes of at least 4 members (excludes halogenated alkanes) is 1. The van der Waals surface area contributed by atoms with Crippen molar-refractivity contribution in [3.8, 4) is 5.75 Å². The highest BCUT2D eigenvalue weighted by Gasteiger charge is 2.24. The lowest BCUT2D eigenvalue weighted by Gasteiger charge is -2.17. The lowest BCUT2D eigenvalue weighted by molar-refractivity contribution is -0.115. The monoisotopic (exact) mass is 458 g/mol. The Labute approximate surface area is 201 Å². The summed E-state index contributed by atoms with van der Waals surface area (Å²) in [6.45, 7) is 5.32. The van der Waals surface area contributed by atoms with Crippen LogP contribution in [-0.2, 0) is 17.8 Å². The highest BCUT2D eigenvalue weighted by molar-refractivity contribution is 6.23.